The van der Waals surface area contributed by atoms with Crippen molar-refractivity contribution < 1.29 is 26.3 Å². The third-order valence-corrected chi connectivity index (χ3v) is 9.44. The van der Waals surface area contributed by atoms with Gasteiger partial charge in [-0.2, -0.15) is 22.6 Å². The molecule has 2 aliphatic heterocycles. The monoisotopic (exact) mass is 610 g/mol. The number of benzene rings is 1. The Morgan fingerprint density at radius 1 is 1.05 bits per heavy atom. The van der Waals surface area contributed by atoms with E-state index in [-0.39, 0.29) is 15.7 Å². The van der Waals surface area contributed by atoms with Gasteiger partial charge in [0.15, 0.2) is 5.82 Å². The number of hydrogen-bond acceptors (Lipinski definition) is 7. The van der Waals surface area contributed by atoms with E-state index in [9.17, 15) is 21.6 Å². The second-order valence-corrected chi connectivity index (χ2v) is 12.3. The molecular formula is C27H30ClF3N6O3S. The molecule has 0 aliphatic carbocycles. The van der Waals surface area contributed by atoms with Gasteiger partial charge in [0.1, 0.15) is 0 Å². The van der Waals surface area contributed by atoms with Crippen LogP contribution in [0.25, 0.3) is 5.69 Å². The zero-order valence-electron chi connectivity index (χ0n) is 22.6. The van der Waals surface area contributed by atoms with Crippen molar-refractivity contribution in [3.8, 4) is 5.69 Å². The summed E-state index contributed by atoms with van der Waals surface area (Å²) in [5.41, 5.74) is 5.73. The first-order chi connectivity index (χ1) is 19.5. The highest BCUT2D eigenvalue weighted by Gasteiger charge is 2.32. The van der Waals surface area contributed by atoms with Crippen LogP contribution in [0.5, 0.6) is 0 Å². The van der Waals surface area contributed by atoms with Gasteiger partial charge in [-0.3, -0.25) is 5.43 Å². The molecule has 2 fully saturated rings. The van der Waals surface area contributed by atoms with Gasteiger partial charge in [0, 0.05) is 49.3 Å². The lowest BCUT2D eigenvalue weighted by atomic mass is 10.2. The topological polar surface area (TPSA) is 92.1 Å². The summed E-state index contributed by atoms with van der Waals surface area (Å²) >= 11 is 5.98. The molecule has 0 unspecified atom stereocenters. The number of aromatic nitrogens is 2. The van der Waals surface area contributed by atoms with Gasteiger partial charge >= 0.3 is 6.18 Å². The summed E-state index contributed by atoms with van der Waals surface area (Å²) in [6.45, 7) is 6.89. The Bertz CT molecular complexity index is 1560. The van der Waals surface area contributed by atoms with E-state index in [1.165, 1.54) is 10.5 Å². The van der Waals surface area contributed by atoms with Crippen molar-refractivity contribution in [1.29, 1.82) is 0 Å². The highest BCUT2D eigenvalue weighted by molar-refractivity contribution is 7.89. The van der Waals surface area contributed by atoms with E-state index < -0.39 is 21.8 Å². The first-order valence-corrected chi connectivity index (χ1v) is 15.0. The third kappa shape index (κ3) is 6.08. The van der Waals surface area contributed by atoms with E-state index in [1.807, 2.05) is 30.5 Å². The standard InChI is InChI=1S/C27H30ClF3N6O3S/c1-18-13-20(16-33-34-26-23(28)14-21(17-32-26)27(29,30)31)19(2)37(18)25-15-22(5-6-24(25)35-7-3-4-8-35)41(38,39)36-9-11-40-12-10-36/h5-6,13-17H,3-4,7-12H2,1-2H3,(H,32,34)/b33-16-. The van der Waals surface area contributed by atoms with Crippen LogP contribution in [0.2, 0.25) is 5.02 Å². The molecule has 9 nitrogen and oxygen atoms in total. The molecule has 0 spiro atoms. The smallest absolute Gasteiger partial charge is 0.379 e. The van der Waals surface area contributed by atoms with Crippen LogP contribution in [0.15, 0.2) is 46.5 Å². The van der Waals surface area contributed by atoms with Crippen LogP contribution < -0.4 is 10.3 Å². The van der Waals surface area contributed by atoms with Crippen molar-refractivity contribution in [1.82, 2.24) is 13.9 Å². The van der Waals surface area contributed by atoms with Gasteiger partial charge in [0.05, 0.1) is 46.3 Å². The average molecular weight is 611 g/mol. The van der Waals surface area contributed by atoms with Crippen molar-refractivity contribution >= 4 is 39.3 Å². The Hall–Kier alpha value is -3.13. The summed E-state index contributed by atoms with van der Waals surface area (Å²) in [5.74, 6) is -0.0120. The van der Waals surface area contributed by atoms with Gasteiger partial charge in [-0.15, -0.1) is 0 Å². The number of rotatable bonds is 7. The molecule has 0 amide bonds. The van der Waals surface area contributed by atoms with Crippen molar-refractivity contribution in [2.75, 3.05) is 49.7 Å². The molecule has 1 aromatic carbocycles. The van der Waals surface area contributed by atoms with Gasteiger partial charge in [-0.25, -0.2) is 13.4 Å². The van der Waals surface area contributed by atoms with E-state index in [2.05, 4.69) is 20.4 Å². The van der Waals surface area contributed by atoms with Crippen molar-refractivity contribution in [3.63, 3.8) is 0 Å². The Kier molecular flexibility index (Phi) is 8.33. The second kappa shape index (κ2) is 11.6. The normalized spacial score (nSPS) is 17.1. The number of morpholine rings is 1. The van der Waals surface area contributed by atoms with E-state index in [0.717, 1.165) is 60.3 Å². The molecule has 5 rings (SSSR count). The van der Waals surface area contributed by atoms with Crippen LogP contribution in [0.1, 0.15) is 35.4 Å². The van der Waals surface area contributed by atoms with E-state index in [0.29, 0.717) is 32.5 Å². The van der Waals surface area contributed by atoms with E-state index in [1.54, 1.807) is 12.1 Å². The quantitative estimate of drug-likeness (QED) is 0.291. The molecule has 1 N–H and O–H groups in total. The number of pyridine rings is 1. The van der Waals surface area contributed by atoms with Crippen LogP contribution >= 0.6 is 11.6 Å². The lowest BCUT2D eigenvalue weighted by Gasteiger charge is -2.28. The number of sulfonamides is 1. The van der Waals surface area contributed by atoms with Crippen molar-refractivity contribution in [3.05, 3.63) is 64.1 Å². The Balaban J connectivity index is 1.48. The predicted molar refractivity (Wildman–Crippen MR) is 152 cm³/mol. The van der Waals surface area contributed by atoms with Gasteiger partial charge in [0.25, 0.3) is 0 Å². The lowest BCUT2D eigenvalue weighted by molar-refractivity contribution is -0.137. The largest absolute Gasteiger partial charge is 0.417 e. The Labute approximate surface area is 241 Å². The molecule has 3 aromatic rings. The molecule has 14 heteroatoms. The minimum atomic E-state index is -4.55. The predicted octanol–water partition coefficient (Wildman–Crippen LogP) is 5.23. The minimum absolute atomic E-state index is 0.0120. The van der Waals surface area contributed by atoms with Crippen LogP contribution in [-0.4, -0.2) is 67.9 Å². The maximum absolute atomic E-state index is 13.5. The van der Waals surface area contributed by atoms with Crippen LogP contribution in [0.4, 0.5) is 24.7 Å². The fourth-order valence-corrected chi connectivity index (χ4v) is 6.77. The van der Waals surface area contributed by atoms with Crippen LogP contribution in [0.3, 0.4) is 0 Å². The highest BCUT2D eigenvalue weighted by Crippen LogP contribution is 2.35. The number of anilines is 2. The summed E-state index contributed by atoms with van der Waals surface area (Å²) in [7, 11) is -3.72. The lowest BCUT2D eigenvalue weighted by Crippen LogP contribution is -2.40. The third-order valence-electron chi connectivity index (χ3n) is 7.26. The molecular weight excluding hydrogens is 581 g/mol. The Morgan fingerprint density at radius 3 is 2.41 bits per heavy atom. The molecule has 4 heterocycles. The summed E-state index contributed by atoms with van der Waals surface area (Å²) in [6, 6.07) is 7.96. The molecule has 0 atom stereocenters. The number of nitrogens with zero attached hydrogens (tertiary/aromatic N) is 5. The van der Waals surface area contributed by atoms with Crippen molar-refractivity contribution in [2.45, 2.75) is 37.8 Å². The first-order valence-electron chi connectivity index (χ1n) is 13.1. The number of hydrazone groups is 1. The maximum atomic E-state index is 13.5. The zero-order valence-corrected chi connectivity index (χ0v) is 24.2. The average Bonchev–Trinajstić information content (AvgIpc) is 3.57. The molecule has 0 bridgehead atoms. The molecule has 0 radical (unpaired) electrons. The number of halogens is 4. The summed E-state index contributed by atoms with van der Waals surface area (Å²) in [4.78, 5) is 6.21. The summed E-state index contributed by atoms with van der Waals surface area (Å²) in [6.07, 6.45) is -0.226. The molecule has 220 valence electrons. The molecule has 2 aromatic heterocycles. The van der Waals surface area contributed by atoms with Gasteiger partial charge in [-0.05, 0) is 57.0 Å². The second-order valence-electron chi connectivity index (χ2n) is 9.95. The molecule has 2 aliphatic rings. The van der Waals surface area contributed by atoms with E-state index in [4.69, 9.17) is 16.3 Å². The van der Waals surface area contributed by atoms with Gasteiger partial charge in [0.2, 0.25) is 10.0 Å². The van der Waals surface area contributed by atoms with Crippen molar-refractivity contribution in [2.24, 2.45) is 5.10 Å². The minimum Gasteiger partial charge on any atom is -0.379 e. The van der Waals surface area contributed by atoms with Gasteiger partial charge < -0.3 is 14.2 Å². The Morgan fingerprint density at radius 2 is 1.76 bits per heavy atom. The SMILES string of the molecule is Cc1cc(/C=N\Nc2ncc(C(F)(F)F)cc2Cl)c(C)n1-c1cc(S(=O)(=O)N2CCOCC2)ccc1N1CCCC1. The number of alkyl halides is 3. The fourth-order valence-electron chi connectivity index (χ4n) is 5.13. The summed E-state index contributed by atoms with van der Waals surface area (Å²) < 4.78 is 74.5. The number of aryl methyl sites for hydroxylation is 1. The maximum Gasteiger partial charge on any atom is 0.417 e. The number of hydrogen-bond donors (Lipinski definition) is 1. The molecule has 0 saturated carbocycles. The first kappa shape index (κ1) is 29.4. The number of nitrogens with one attached hydrogen (secondary N) is 1. The van der Waals surface area contributed by atoms with Crippen LogP contribution in [0, 0.1) is 13.8 Å². The zero-order chi connectivity index (χ0) is 29.4. The van der Waals surface area contributed by atoms with Crippen LogP contribution in [-0.2, 0) is 20.9 Å². The molecule has 41 heavy (non-hydrogen) atoms. The fraction of sp³-hybridized carbons (Fsp3) is 0.407. The molecule has 2 saturated heterocycles. The van der Waals surface area contributed by atoms with Gasteiger partial charge in [-0.1, -0.05) is 11.6 Å². The van der Waals surface area contributed by atoms with E-state index >= 15 is 0 Å². The number of ether oxygens (including phenoxy) is 1. The summed E-state index contributed by atoms with van der Waals surface area (Å²) in [5, 5.41) is 3.94. The highest BCUT2D eigenvalue weighted by atomic mass is 35.5.